The summed E-state index contributed by atoms with van der Waals surface area (Å²) in [7, 11) is 0. The van der Waals surface area contributed by atoms with Gasteiger partial charge in [-0.1, -0.05) is 18.2 Å². The number of furan rings is 1. The van der Waals surface area contributed by atoms with Gasteiger partial charge in [0.2, 0.25) is 0 Å². The minimum Gasteiger partial charge on any atom is -0.494 e. The Morgan fingerprint density at radius 2 is 1.96 bits per heavy atom. The fraction of sp³-hybridized carbons (Fsp3) is 0.353. The lowest BCUT2D eigenvalue weighted by Crippen LogP contribution is -2.36. The van der Waals surface area contributed by atoms with Crippen molar-refractivity contribution in [3.05, 3.63) is 54.0 Å². The van der Waals surface area contributed by atoms with Crippen LogP contribution in [0.3, 0.4) is 0 Å². The molecule has 0 aliphatic rings. The van der Waals surface area contributed by atoms with E-state index >= 15 is 0 Å². The molecule has 2 rings (SSSR count). The van der Waals surface area contributed by atoms with Crippen molar-refractivity contribution in [2.24, 2.45) is 4.99 Å². The molecule has 1 heterocycles. The van der Waals surface area contributed by atoms with Crippen molar-refractivity contribution in [2.45, 2.75) is 26.9 Å². The number of benzene rings is 1. The smallest absolute Gasteiger partial charge is 0.191 e. The van der Waals surface area contributed by atoms with Crippen LogP contribution in [0.5, 0.6) is 5.75 Å². The summed E-state index contributed by atoms with van der Waals surface area (Å²) >= 11 is 0. The molecular weight excluding hydrogens is 405 g/mol. The standard InChI is InChI=1S/C17H23N3O2.HI/c1-3-18-17(20-13-15-9-7-11-22-15)19-12-14-8-5-6-10-16(14)21-4-2;/h5-11H,3-4,12-13H2,1-2H3,(H2,18,19,20);1H. The highest BCUT2D eigenvalue weighted by Gasteiger charge is 2.03. The Labute approximate surface area is 154 Å². The molecule has 23 heavy (non-hydrogen) atoms. The lowest BCUT2D eigenvalue weighted by Gasteiger charge is -2.11. The number of halogens is 1. The van der Waals surface area contributed by atoms with Gasteiger partial charge in [0.15, 0.2) is 5.96 Å². The van der Waals surface area contributed by atoms with Crippen LogP contribution in [0.1, 0.15) is 25.2 Å². The Kier molecular flexibility index (Phi) is 9.20. The van der Waals surface area contributed by atoms with Crippen molar-refractivity contribution in [3.63, 3.8) is 0 Å². The van der Waals surface area contributed by atoms with Crippen molar-refractivity contribution < 1.29 is 9.15 Å². The average Bonchev–Trinajstić information content (AvgIpc) is 3.05. The van der Waals surface area contributed by atoms with Crippen LogP contribution < -0.4 is 15.4 Å². The maximum absolute atomic E-state index is 5.62. The average molecular weight is 429 g/mol. The zero-order valence-corrected chi connectivity index (χ0v) is 15.9. The monoisotopic (exact) mass is 429 g/mol. The molecule has 0 unspecified atom stereocenters. The van der Waals surface area contributed by atoms with Gasteiger partial charge in [0.05, 0.1) is 26.0 Å². The molecule has 0 saturated carbocycles. The molecule has 0 atom stereocenters. The van der Waals surface area contributed by atoms with E-state index in [0.717, 1.165) is 29.6 Å². The topological polar surface area (TPSA) is 58.8 Å². The summed E-state index contributed by atoms with van der Waals surface area (Å²) in [5.41, 5.74) is 1.07. The van der Waals surface area contributed by atoms with Crippen molar-refractivity contribution in [2.75, 3.05) is 13.2 Å². The van der Waals surface area contributed by atoms with Gasteiger partial charge in [-0.25, -0.2) is 4.99 Å². The molecule has 0 spiro atoms. The van der Waals surface area contributed by atoms with Gasteiger partial charge in [0.25, 0.3) is 0 Å². The molecule has 0 aliphatic heterocycles. The number of para-hydroxylation sites is 1. The van der Waals surface area contributed by atoms with Gasteiger partial charge in [-0.15, -0.1) is 24.0 Å². The number of aliphatic imine (C=N–C) groups is 1. The first-order valence-corrected chi connectivity index (χ1v) is 7.58. The number of nitrogens with zero attached hydrogens (tertiary/aromatic N) is 1. The third kappa shape index (κ3) is 6.52. The van der Waals surface area contributed by atoms with Crippen LogP contribution in [0, 0.1) is 0 Å². The molecule has 6 heteroatoms. The predicted octanol–water partition coefficient (Wildman–Crippen LogP) is 3.55. The van der Waals surface area contributed by atoms with E-state index in [1.807, 2.05) is 50.2 Å². The van der Waals surface area contributed by atoms with Gasteiger partial charge >= 0.3 is 0 Å². The molecule has 1 aromatic heterocycles. The van der Waals surface area contributed by atoms with Crippen LogP contribution in [0.15, 0.2) is 52.1 Å². The predicted molar refractivity (Wildman–Crippen MR) is 103 cm³/mol. The second kappa shape index (κ2) is 10.9. The van der Waals surface area contributed by atoms with Crippen molar-refractivity contribution in [1.82, 2.24) is 10.6 Å². The third-order valence-electron chi connectivity index (χ3n) is 3.03. The Balaban J connectivity index is 0.00000264. The molecule has 0 saturated heterocycles. The molecule has 5 nitrogen and oxygen atoms in total. The molecule has 0 fully saturated rings. The van der Waals surface area contributed by atoms with E-state index < -0.39 is 0 Å². The van der Waals surface area contributed by atoms with Gasteiger partial charge in [0, 0.05) is 12.1 Å². The minimum atomic E-state index is 0. The van der Waals surface area contributed by atoms with Crippen molar-refractivity contribution in [3.8, 4) is 5.75 Å². The van der Waals surface area contributed by atoms with E-state index in [9.17, 15) is 0 Å². The fourth-order valence-electron chi connectivity index (χ4n) is 2.02. The van der Waals surface area contributed by atoms with E-state index in [1.54, 1.807) is 6.26 Å². The molecular formula is C17H24IN3O2. The number of hydrogen-bond acceptors (Lipinski definition) is 3. The Hall–Kier alpha value is -1.70. The van der Waals surface area contributed by atoms with Crippen LogP contribution in [0.4, 0.5) is 0 Å². The van der Waals surface area contributed by atoms with E-state index in [4.69, 9.17) is 9.15 Å². The van der Waals surface area contributed by atoms with Crippen molar-refractivity contribution >= 4 is 29.9 Å². The third-order valence-corrected chi connectivity index (χ3v) is 3.03. The fourth-order valence-corrected chi connectivity index (χ4v) is 2.02. The summed E-state index contributed by atoms with van der Waals surface area (Å²) < 4.78 is 10.9. The normalized spacial score (nSPS) is 10.8. The first-order chi connectivity index (χ1) is 10.8. The highest BCUT2D eigenvalue weighted by Crippen LogP contribution is 2.18. The molecule has 1 aromatic carbocycles. The number of nitrogens with one attached hydrogen (secondary N) is 2. The summed E-state index contributed by atoms with van der Waals surface area (Å²) in [4.78, 5) is 4.60. The summed E-state index contributed by atoms with van der Waals surface area (Å²) in [6.07, 6.45) is 1.67. The zero-order chi connectivity index (χ0) is 15.6. The Morgan fingerprint density at radius 1 is 1.13 bits per heavy atom. The summed E-state index contributed by atoms with van der Waals surface area (Å²) in [6, 6.07) is 11.8. The van der Waals surface area contributed by atoms with Gasteiger partial charge in [0.1, 0.15) is 11.5 Å². The van der Waals surface area contributed by atoms with Crippen molar-refractivity contribution in [1.29, 1.82) is 0 Å². The van der Waals surface area contributed by atoms with Crippen LogP contribution in [-0.4, -0.2) is 19.1 Å². The second-order valence-corrected chi connectivity index (χ2v) is 4.67. The number of rotatable bonds is 7. The SMILES string of the molecule is CCNC(=NCc1ccccc1OCC)NCc1ccco1.I. The quantitative estimate of drug-likeness (QED) is 0.402. The van der Waals surface area contributed by atoms with Crippen LogP contribution in [-0.2, 0) is 13.1 Å². The lowest BCUT2D eigenvalue weighted by atomic mass is 10.2. The molecule has 0 aliphatic carbocycles. The van der Waals surface area contributed by atoms with Gasteiger partial charge in [-0.2, -0.15) is 0 Å². The zero-order valence-electron chi connectivity index (χ0n) is 13.5. The molecule has 2 aromatic rings. The molecule has 2 N–H and O–H groups in total. The largest absolute Gasteiger partial charge is 0.494 e. The second-order valence-electron chi connectivity index (χ2n) is 4.67. The maximum Gasteiger partial charge on any atom is 0.191 e. The summed E-state index contributed by atoms with van der Waals surface area (Å²) in [6.45, 7) is 6.64. The lowest BCUT2D eigenvalue weighted by molar-refractivity contribution is 0.336. The number of guanidine groups is 1. The maximum atomic E-state index is 5.62. The Morgan fingerprint density at radius 3 is 2.65 bits per heavy atom. The number of hydrogen-bond donors (Lipinski definition) is 2. The first-order valence-electron chi connectivity index (χ1n) is 7.58. The van der Waals surface area contributed by atoms with E-state index in [2.05, 4.69) is 15.6 Å². The van der Waals surface area contributed by atoms with Crippen LogP contribution in [0.25, 0.3) is 0 Å². The highest BCUT2D eigenvalue weighted by atomic mass is 127. The molecule has 0 bridgehead atoms. The van der Waals surface area contributed by atoms with Crippen LogP contribution >= 0.6 is 24.0 Å². The Bertz CT molecular complexity index is 585. The molecule has 126 valence electrons. The van der Waals surface area contributed by atoms with Gasteiger partial charge in [-0.3, -0.25) is 0 Å². The summed E-state index contributed by atoms with van der Waals surface area (Å²) in [5.74, 6) is 2.51. The van der Waals surface area contributed by atoms with Gasteiger partial charge in [-0.05, 0) is 32.0 Å². The first kappa shape index (κ1) is 19.3. The van der Waals surface area contributed by atoms with E-state index in [-0.39, 0.29) is 24.0 Å². The number of ether oxygens (including phenoxy) is 1. The van der Waals surface area contributed by atoms with E-state index in [1.165, 1.54) is 0 Å². The highest BCUT2D eigenvalue weighted by molar-refractivity contribution is 14.0. The van der Waals surface area contributed by atoms with E-state index in [0.29, 0.717) is 19.7 Å². The summed E-state index contributed by atoms with van der Waals surface area (Å²) in [5, 5.41) is 6.47. The van der Waals surface area contributed by atoms with Gasteiger partial charge < -0.3 is 19.8 Å². The van der Waals surface area contributed by atoms with Crippen LogP contribution in [0.2, 0.25) is 0 Å². The minimum absolute atomic E-state index is 0. The molecule has 0 amide bonds. The molecule has 0 radical (unpaired) electrons.